The van der Waals surface area contributed by atoms with Gasteiger partial charge < -0.3 is 4.74 Å². The topological polar surface area (TPSA) is 82.7 Å². The van der Waals surface area contributed by atoms with Crippen molar-refractivity contribution in [3.05, 3.63) is 31.3 Å². The highest BCUT2D eigenvalue weighted by Gasteiger charge is 2.30. The lowest BCUT2D eigenvalue weighted by Gasteiger charge is -2.18. The zero-order chi connectivity index (χ0) is 21.5. The van der Waals surface area contributed by atoms with Gasteiger partial charge in [0.15, 0.2) is 0 Å². The molecule has 7 nitrogen and oxygen atoms in total. The molecule has 0 aromatic carbocycles. The maximum Gasteiger partial charge on any atom is 0.332 e. The van der Waals surface area contributed by atoms with Crippen LogP contribution in [0, 0.1) is 6.92 Å². The van der Waals surface area contributed by atoms with Crippen molar-refractivity contribution in [2.24, 2.45) is 4.99 Å². The normalized spacial score (nSPS) is 15.0. The van der Waals surface area contributed by atoms with Crippen LogP contribution in [-0.4, -0.2) is 39.9 Å². The van der Waals surface area contributed by atoms with Crippen LogP contribution < -0.4 is 11.2 Å². The van der Waals surface area contributed by atoms with Crippen LogP contribution in [0.2, 0.25) is 0 Å². The summed E-state index contributed by atoms with van der Waals surface area (Å²) in [6.45, 7) is 5.94. The first-order valence-electron chi connectivity index (χ1n) is 9.28. The van der Waals surface area contributed by atoms with Crippen molar-refractivity contribution < 1.29 is 18.3 Å². The molecule has 0 aliphatic heterocycles. The van der Waals surface area contributed by atoms with Crippen LogP contribution >= 0.6 is 11.3 Å². The lowest BCUT2D eigenvalue weighted by Crippen LogP contribution is -2.40. The number of alkyl halides is 2. The number of halogens is 2. The Labute approximate surface area is 169 Å². The molecular weight excluding hydrogens is 404 g/mol. The number of hydrogen-bond donors (Lipinski definition) is 0. The van der Waals surface area contributed by atoms with Crippen LogP contribution in [0.1, 0.15) is 50.1 Å². The molecule has 3 rings (SSSR count). The Bertz CT molecular complexity index is 1090. The molecule has 2 aromatic rings. The van der Waals surface area contributed by atoms with Gasteiger partial charge in [0.25, 0.3) is 12.0 Å². The molecule has 10 heteroatoms. The molecule has 0 N–H and O–H groups in total. The summed E-state index contributed by atoms with van der Waals surface area (Å²) in [7, 11) is 0. The molecule has 0 unspecified atom stereocenters. The van der Waals surface area contributed by atoms with Gasteiger partial charge in [-0.1, -0.05) is 0 Å². The number of ether oxygens (including phenoxy) is 1. The lowest BCUT2D eigenvalue weighted by molar-refractivity contribution is -0.152. The Hall–Kier alpha value is -2.36. The van der Waals surface area contributed by atoms with E-state index in [0.29, 0.717) is 23.3 Å². The average Bonchev–Trinajstić information content (AvgIpc) is 3.34. The summed E-state index contributed by atoms with van der Waals surface area (Å²) < 4.78 is 33.4. The van der Waals surface area contributed by atoms with Crippen molar-refractivity contribution in [1.29, 1.82) is 0 Å². The zero-order valence-corrected chi connectivity index (χ0v) is 17.5. The van der Waals surface area contributed by atoms with E-state index < -0.39 is 35.8 Å². The molecular formula is C19H23F2N3O4S. The second kappa shape index (κ2) is 7.81. The number of thiophene rings is 1. The molecule has 1 aliphatic carbocycles. The highest BCUT2D eigenvalue weighted by molar-refractivity contribution is 7.20. The van der Waals surface area contributed by atoms with Crippen LogP contribution in [0.5, 0.6) is 0 Å². The van der Waals surface area contributed by atoms with E-state index in [9.17, 15) is 23.2 Å². The second-order valence-electron chi connectivity index (χ2n) is 8.02. The molecule has 2 heterocycles. The lowest BCUT2D eigenvalue weighted by atomic mass is 10.2. The van der Waals surface area contributed by atoms with Gasteiger partial charge in [0.05, 0.1) is 16.8 Å². The smallest absolute Gasteiger partial charge is 0.332 e. The summed E-state index contributed by atoms with van der Waals surface area (Å²) in [6.07, 6.45) is 0.0562. The van der Waals surface area contributed by atoms with E-state index in [1.165, 1.54) is 6.21 Å². The molecule has 0 bridgehead atoms. The van der Waals surface area contributed by atoms with E-state index in [4.69, 9.17) is 4.74 Å². The van der Waals surface area contributed by atoms with E-state index in [0.717, 1.165) is 20.5 Å². The molecule has 1 saturated carbocycles. The molecule has 0 spiro atoms. The fourth-order valence-electron chi connectivity index (χ4n) is 3.04. The van der Waals surface area contributed by atoms with Crippen molar-refractivity contribution in [2.45, 2.75) is 65.1 Å². The summed E-state index contributed by atoms with van der Waals surface area (Å²) >= 11 is 1.04. The van der Waals surface area contributed by atoms with E-state index in [2.05, 4.69) is 4.99 Å². The Morgan fingerprint density at radius 2 is 2.00 bits per heavy atom. The zero-order valence-electron chi connectivity index (χ0n) is 16.7. The third-order valence-corrected chi connectivity index (χ3v) is 5.61. The first-order chi connectivity index (χ1) is 13.5. The van der Waals surface area contributed by atoms with E-state index in [-0.39, 0.29) is 22.8 Å². The SMILES string of the molecule is Cc1c(C=NCC(=O)OC(C)(C)C)sc2c1c(=O)n(C1CC1)c(=O)n2CC(F)F. The molecule has 29 heavy (non-hydrogen) atoms. The van der Waals surface area contributed by atoms with Crippen molar-refractivity contribution in [3.8, 4) is 0 Å². The number of carbonyl (C=O) groups excluding carboxylic acids is 1. The predicted molar refractivity (Wildman–Crippen MR) is 108 cm³/mol. The summed E-state index contributed by atoms with van der Waals surface area (Å²) in [5, 5.41) is 0.251. The Kier molecular flexibility index (Phi) is 5.75. The number of aryl methyl sites for hydroxylation is 1. The van der Waals surface area contributed by atoms with Gasteiger partial charge in [-0.15, -0.1) is 11.3 Å². The number of fused-ring (bicyclic) bond motifs is 1. The van der Waals surface area contributed by atoms with Crippen LogP contribution in [0.25, 0.3) is 10.2 Å². The van der Waals surface area contributed by atoms with E-state index in [1.807, 2.05) is 0 Å². The highest BCUT2D eigenvalue weighted by Crippen LogP contribution is 2.34. The van der Waals surface area contributed by atoms with Gasteiger partial charge in [0, 0.05) is 12.3 Å². The molecule has 2 aromatic heterocycles. The van der Waals surface area contributed by atoms with Crippen molar-refractivity contribution in [2.75, 3.05) is 6.54 Å². The van der Waals surface area contributed by atoms with Crippen molar-refractivity contribution in [1.82, 2.24) is 9.13 Å². The van der Waals surface area contributed by atoms with Crippen LogP contribution in [0.3, 0.4) is 0 Å². The monoisotopic (exact) mass is 427 g/mol. The maximum atomic E-state index is 13.1. The fraction of sp³-hybridized carbons (Fsp3) is 0.579. The third-order valence-electron chi connectivity index (χ3n) is 4.36. The Morgan fingerprint density at radius 1 is 1.34 bits per heavy atom. The Balaban J connectivity index is 2.03. The Morgan fingerprint density at radius 3 is 2.55 bits per heavy atom. The molecule has 0 amide bonds. The minimum Gasteiger partial charge on any atom is -0.459 e. The van der Waals surface area contributed by atoms with Gasteiger partial charge in [-0.05, 0) is 46.1 Å². The first-order valence-corrected chi connectivity index (χ1v) is 10.1. The van der Waals surface area contributed by atoms with E-state index in [1.54, 1.807) is 27.7 Å². The summed E-state index contributed by atoms with van der Waals surface area (Å²) in [6, 6.07) is -0.230. The second-order valence-corrected chi connectivity index (χ2v) is 9.05. The molecule has 0 saturated heterocycles. The number of esters is 1. The van der Waals surface area contributed by atoms with Crippen molar-refractivity contribution in [3.63, 3.8) is 0 Å². The van der Waals surface area contributed by atoms with Gasteiger partial charge in [0.1, 0.15) is 17.0 Å². The molecule has 0 atom stereocenters. The molecule has 158 valence electrons. The van der Waals surface area contributed by atoms with Gasteiger partial charge in [0.2, 0.25) is 0 Å². The summed E-state index contributed by atoms with van der Waals surface area (Å²) in [5.41, 5.74) is -1.23. The summed E-state index contributed by atoms with van der Waals surface area (Å²) in [4.78, 5) is 42.2. The standard InChI is InChI=1S/C19H23F2N3O4S/c1-10-12(7-22-8-14(25)28-19(2,3)4)29-17-15(10)16(26)24(11-5-6-11)18(27)23(17)9-13(20)21/h7,11,13H,5-6,8-9H2,1-4H3. The number of nitrogens with zero attached hydrogens (tertiary/aromatic N) is 3. The largest absolute Gasteiger partial charge is 0.459 e. The minimum atomic E-state index is -2.73. The fourth-order valence-corrected chi connectivity index (χ4v) is 4.23. The maximum absolute atomic E-state index is 13.1. The predicted octanol–water partition coefficient (Wildman–Crippen LogP) is 2.89. The van der Waals surface area contributed by atoms with E-state index >= 15 is 0 Å². The number of aromatic nitrogens is 2. The van der Waals surface area contributed by atoms with Crippen LogP contribution in [-0.2, 0) is 16.1 Å². The number of hydrogen-bond acceptors (Lipinski definition) is 6. The minimum absolute atomic E-state index is 0.202. The average molecular weight is 427 g/mol. The third kappa shape index (κ3) is 4.63. The number of aliphatic imine (C=N–C) groups is 1. The van der Waals surface area contributed by atoms with Crippen LogP contribution in [0.15, 0.2) is 14.6 Å². The molecule has 1 fully saturated rings. The molecule has 1 aliphatic rings. The first kappa shape index (κ1) is 21.4. The quantitative estimate of drug-likeness (QED) is 0.524. The van der Waals surface area contributed by atoms with Crippen molar-refractivity contribution >= 4 is 33.7 Å². The van der Waals surface area contributed by atoms with Crippen LogP contribution in [0.4, 0.5) is 8.78 Å². The summed E-state index contributed by atoms with van der Waals surface area (Å²) in [5.74, 6) is -0.502. The van der Waals surface area contributed by atoms with Gasteiger partial charge in [-0.2, -0.15) is 0 Å². The van der Waals surface area contributed by atoms with Gasteiger partial charge in [-0.3, -0.25) is 23.7 Å². The highest BCUT2D eigenvalue weighted by atomic mass is 32.1. The van der Waals surface area contributed by atoms with Gasteiger partial charge in [-0.25, -0.2) is 13.6 Å². The number of carbonyl (C=O) groups is 1. The van der Waals surface area contributed by atoms with Gasteiger partial charge >= 0.3 is 11.7 Å². The molecule has 0 radical (unpaired) electrons. The number of rotatable bonds is 6.